The Morgan fingerprint density at radius 2 is 1.08 bits per heavy atom. The van der Waals surface area contributed by atoms with Crippen molar-refractivity contribution in [3.05, 3.63) is 106 Å². The smallest absolute Gasteiger partial charge is 0.251 e. The second-order valence-electron chi connectivity index (χ2n) is 23.6. The van der Waals surface area contributed by atoms with Gasteiger partial charge in [-0.1, -0.05) is 102 Å². The third kappa shape index (κ3) is 13.9. The first-order valence-electron chi connectivity index (χ1n) is 27.4. The molecular formula is C59H83N9O8. The van der Waals surface area contributed by atoms with Crippen molar-refractivity contribution in [3.8, 4) is 0 Å². The van der Waals surface area contributed by atoms with E-state index >= 15 is 0 Å². The van der Waals surface area contributed by atoms with E-state index in [9.17, 15) is 33.6 Å². The van der Waals surface area contributed by atoms with Gasteiger partial charge in [-0.05, 0) is 130 Å². The van der Waals surface area contributed by atoms with Crippen molar-refractivity contribution in [3.63, 3.8) is 0 Å². The first-order valence-corrected chi connectivity index (χ1v) is 27.4. The van der Waals surface area contributed by atoms with Crippen molar-refractivity contribution in [2.24, 2.45) is 10.8 Å². The predicted molar refractivity (Wildman–Crippen MR) is 291 cm³/mol. The molecule has 2 fully saturated rings. The van der Waals surface area contributed by atoms with Crippen molar-refractivity contribution in [2.45, 2.75) is 180 Å². The molecule has 0 radical (unpaired) electrons. The normalized spacial score (nSPS) is 23.1. The van der Waals surface area contributed by atoms with E-state index in [1.165, 1.54) is 16.0 Å². The number of ether oxygens (including phenoxy) is 1. The highest BCUT2D eigenvalue weighted by Gasteiger charge is 2.47. The van der Waals surface area contributed by atoms with Crippen molar-refractivity contribution >= 4 is 41.4 Å². The molecule has 76 heavy (non-hydrogen) atoms. The maximum atomic E-state index is 14.6. The van der Waals surface area contributed by atoms with Crippen LogP contribution in [0.4, 0.5) is 0 Å². The Morgan fingerprint density at radius 3 is 1.57 bits per heavy atom. The standard InChI is InChI=1S/C59H83N9O8/c1-35(60-9)51(69)65-49(58(3,4)5)56(74)67-30-29-42(32-48(67)55(73)64-46-24-16-20-39-18-12-14-22-44(39)46)76-34-37-25-27-40(28-26-37)53(71)62-41-31-47(54(72)63-45-23-15-19-38-17-11-13-21-43(38)45)68(33-41)57(75)50(59(6,7)8)66-52(70)36(2)61-10/h11-14,17-18,21-22,25-28,35-36,41-42,45-50,60-61H,15-16,19-20,23-24,29-34H2,1-10H3,(H,62,71)(H,63,72)(H,64,73)(H,65,69)(H,66,70)/t35-,36-,41?,42+,45?,46?,47-,48-,49+,50+/m0/s1. The molecule has 2 aliphatic carbocycles. The molecule has 7 amide bonds. The summed E-state index contributed by atoms with van der Waals surface area (Å²) in [6, 6.07) is 17.6. The van der Waals surface area contributed by atoms with E-state index in [1.807, 2.05) is 84.0 Å². The monoisotopic (exact) mass is 1050 g/mol. The van der Waals surface area contributed by atoms with Gasteiger partial charge < -0.3 is 51.8 Å². The van der Waals surface area contributed by atoms with E-state index < -0.39 is 59.0 Å². The van der Waals surface area contributed by atoms with Gasteiger partial charge in [-0.2, -0.15) is 0 Å². The highest BCUT2D eigenvalue weighted by molar-refractivity contribution is 5.97. The molecule has 2 aliphatic heterocycles. The second kappa shape index (κ2) is 24.9. The number of carbonyl (C=O) groups excluding carboxylic acids is 7. The Morgan fingerprint density at radius 1 is 0.605 bits per heavy atom. The summed E-state index contributed by atoms with van der Waals surface area (Å²) >= 11 is 0. The molecule has 3 aromatic carbocycles. The van der Waals surface area contributed by atoms with E-state index in [-0.39, 0.29) is 86.2 Å². The molecule has 4 aliphatic rings. The second-order valence-corrected chi connectivity index (χ2v) is 23.6. The summed E-state index contributed by atoms with van der Waals surface area (Å²) in [5.41, 5.74) is 4.36. The van der Waals surface area contributed by atoms with Gasteiger partial charge >= 0.3 is 0 Å². The zero-order valence-corrected chi connectivity index (χ0v) is 46.3. The summed E-state index contributed by atoms with van der Waals surface area (Å²) in [7, 11) is 3.36. The summed E-state index contributed by atoms with van der Waals surface area (Å²) < 4.78 is 6.50. The topological polar surface area (TPSA) is 219 Å². The van der Waals surface area contributed by atoms with Gasteiger partial charge in [0.25, 0.3) is 5.91 Å². The fourth-order valence-corrected chi connectivity index (χ4v) is 11.0. The van der Waals surface area contributed by atoms with Crippen LogP contribution >= 0.6 is 0 Å². The van der Waals surface area contributed by atoms with E-state index in [1.54, 1.807) is 45.0 Å². The average molecular weight is 1050 g/mol. The third-order valence-corrected chi connectivity index (χ3v) is 15.9. The van der Waals surface area contributed by atoms with E-state index in [0.717, 1.165) is 55.2 Å². The molecule has 3 aromatic rings. The molecule has 2 heterocycles. The molecule has 17 heteroatoms. The lowest BCUT2D eigenvalue weighted by atomic mass is 9.84. The minimum absolute atomic E-state index is 0.0677. The van der Waals surface area contributed by atoms with Crippen LogP contribution in [0.3, 0.4) is 0 Å². The minimum atomic E-state index is -0.948. The number of hydrogen-bond acceptors (Lipinski definition) is 10. The molecule has 412 valence electrons. The van der Waals surface area contributed by atoms with Gasteiger partial charge in [0.1, 0.15) is 24.2 Å². The summed E-state index contributed by atoms with van der Waals surface area (Å²) in [6.07, 6.45) is 5.76. The average Bonchev–Trinajstić information content (AvgIpc) is 3.83. The number of amides is 7. The molecule has 10 atom stereocenters. The summed E-state index contributed by atoms with van der Waals surface area (Å²) in [5, 5.41) is 21.4. The van der Waals surface area contributed by atoms with Crippen molar-refractivity contribution in [1.82, 2.24) is 47.0 Å². The van der Waals surface area contributed by atoms with E-state index in [0.29, 0.717) is 12.0 Å². The van der Waals surface area contributed by atoms with Gasteiger partial charge in [0.2, 0.25) is 35.4 Å². The lowest BCUT2D eigenvalue weighted by molar-refractivity contribution is -0.151. The number of nitrogens with one attached hydrogen (secondary N) is 7. The SMILES string of the molecule is CN[C@@H](C)C(=O)N[C@H](C(=O)N1CC[C@@H](OCc2ccc(C(=O)NC3C[C@@H](C(=O)NC4CCCc5ccccc54)N(C(=O)[C@@H](NC(=O)[C@H](C)NC)C(C)(C)C)C3)cc2)C[C@H]1C(=O)NC1CCCc2ccccc21)C(C)(C)C. The number of likely N-dealkylation sites (tertiary alicyclic amines) is 2. The van der Waals surface area contributed by atoms with Crippen LogP contribution in [0, 0.1) is 10.8 Å². The summed E-state index contributed by atoms with van der Waals surface area (Å²) in [6.45, 7) is 15.3. The quantitative estimate of drug-likeness (QED) is 0.0968. The van der Waals surface area contributed by atoms with E-state index in [2.05, 4.69) is 55.4 Å². The van der Waals surface area contributed by atoms with Crippen LogP contribution in [0.25, 0.3) is 0 Å². The van der Waals surface area contributed by atoms with Crippen LogP contribution in [0.2, 0.25) is 0 Å². The number of fused-ring (bicyclic) bond motifs is 2. The molecule has 7 rings (SSSR count). The third-order valence-electron chi connectivity index (χ3n) is 15.9. The number of nitrogens with zero attached hydrogens (tertiary/aromatic N) is 2. The largest absolute Gasteiger partial charge is 0.373 e. The summed E-state index contributed by atoms with van der Waals surface area (Å²) in [4.78, 5) is 102. The highest BCUT2D eigenvalue weighted by Crippen LogP contribution is 2.34. The minimum Gasteiger partial charge on any atom is -0.373 e. The maximum Gasteiger partial charge on any atom is 0.251 e. The molecule has 0 saturated carbocycles. The molecule has 0 aromatic heterocycles. The Balaban J connectivity index is 1.03. The molecular weight excluding hydrogens is 963 g/mol. The van der Waals surface area contributed by atoms with Gasteiger partial charge in [0.15, 0.2) is 0 Å². The van der Waals surface area contributed by atoms with Crippen LogP contribution in [-0.4, -0.2) is 127 Å². The molecule has 17 nitrogen and oxygen atoms in total. The van der Waals surface area contributed by atoms with Gasteiger partial charge in [-0.15, -0.1) is 0 Å². The fraction of sp³-hybridized carbons (Fsp3) is 0.576. The molecule has 0 bridgehead atoms. The first kappa shape index (κ1) is 57.5. The van der Waals surface area contributed by atoms with Gasteiger partial charge in [0.05, 0.1) is 36.9 Å². The zero-order valence-electron chi connectivity index (χ0n) is 46.3. The van der Waals surface area contributed by atoms with Crippen LogP contribution in [-0.2, 0) is 53.0 Å². The first-order chi connectivity index (χ1) is 36.1. The predicted octanol–water partition coefficient (Wildman–Crippen LogP) is 4.93. The molecule has 0 spiro atoms. The Hall–Kier alpha value is -6.17. The van der Waals surface area contributed by atoms with Crippen LogP contribution in [0.1, 0.15) is 151 Å². The zero-order chi connectivity index (χ0) is 55.1. The van der Waals surface area contributed by atoms with Crippen LogP contribution in [0.5, 0.6) is 0 Å². The maximum absolute atomic E-state index is 14.6. The van der Waals surface area contributed by atoms with Crippen molar-refractivity contribution in [2.75, 3.05) is 27.2 Å². The Bertz CT molecular complexity index is 2570. The van der Waals surface area contributed by atoms with Crippen molar-refractivity contribution < 1.29 is 38.3 Å². The van der Waals surface area contributed by atoms with Gasteiger partial charge in [-0.25, -0.2) is 0 Å². The number of aryl methyl sites for hydroxylation is 2. The number of piperidine rings is 1. The number of rotatable bonds is 17. The number of hydrogen-bond donors (Lipinski definition) is 7. The Kier molecular flexibility index (Phi) is 18.8. The van der Waals surface area contributed by atoms with Gasteiger partial charge in [-0.3, -0.25) is 33.6 Å². The molecule has 3 unspecified atom stereocenters. The van der Waals surface area contributed by atoms with Crippen LogP contribution < -0.4 is 37.2 Å². The Labute approximate surface area is 449 Å². The fourth-order valence-electron chi connectivity index (χ4n) is 11.0. The summed E-state index contributed by atoms with van der Waals surface area (Å²) in [5.74, 6) is -2.31. The highest BCUT2D eigenvalue weighted by atomic mass is 16.5. The van der Waals surface area contributed by atoms with Crippen LogP contribution in [0.15, 0.2) is 72.8 Å². The van der Waals surface area contributed by atoms with Crippen molar-refractivity contribution in [1.29, 1.82) is 0 Å². The molecule has 7 N–H and O–H groups in total. The molecule has 2 saturated heterocycles. The number of benzene rings is 3. The number of carbonyl (C=O) groups is 7. The lowest BCUT2D eigenvalue weighted by Crippen LogP contribution is -2.63. The van der Waals surface area contributed by atoms with E-state index in [4.69, 9.17) is 4.74 Å². The number of likely N-dealkylation sites (N-methyl/N-ethyl adjacent to an activating group) is 2. The lowest BCUT2D eigenvalue weighted by Gasteiger charge is -2.43. The van der Waals surface area contributed by atoms with Gasteiger partial charge in [0, 0.05) is 31.1 Å².